The molecule has 4 nitrogen and oxygen atoms in total. The normalized spacial score (nSPS) is 14.0. The van der Waals surface area contributed by atoms with Crippen LogP contribution in [0.1, 0.15) is 74.0 Å². The second-order valence-corrected chi connectivity index (χ2v) is 8.11. The highest BCUT2D eigenvalue weighted by Crippen LogP contribution is 2.51. The number of nitrogens with one attached hydrogen (secondary N) is 1. The number of amides is 1. The van der Waals surface area contributed by atoms with Gasteiger partial charge in [0.15, 0.2) is 0 Å². The van der Waals surface area contributed by atoms with Gasteiger partial charge in [-0.1, -0.05) is 43.5 Å². The van der Waals surface area contributed by atoms with Crippen LogP contribution < -0.4 is 10.1 Å². The Morgan fingerprint density at radius 3 is 2.61 bits per heavy atom. The summed E-state index contributed by atoms with van der Waals surface area (Å²) < 4.78 is 6.32. The molecule has 4 heteroatoms. The molecule has 0 bridgehead atoms. The molecular weight excluding hydrogens is 350 g/mol. The largest absolute Gasteiger partial charge is 0.506 e. The molecule has 0 spiro atoms. The van der Waals surface area contributed by atoms with E-state index in [2.05, 4.69) is 24.4 Å². The van der Waals surface area contributed by atoms with Crippen LogP contribution in [0.5, 0.6) is 11.5 Å². The SMILES string of the molecule is CCCCCc1cc2c(c(O)c1C(=O)NCC)-c1cc(C)ccc1C(C)(C)O2. The van der Waals surface area contributed by atoms with Crippen molar-refractivity contribution in [1.82, 2.24) is 5.32 Å². The molecule has 0 aliphatic carbocycles. The van der Waals surface area contributed by atoms with E-state index in [1.165, 1.54) is 0 Å². The Kier molecular flexibility index (Phi) is 5.69. The maximum absolute atomic E-state index is 12.8. The molecule has 2 aromatic rings. The lowest BCUT2D eigenvalue weighted by Gasteiger charge is -2.36. The van der Waals surface area contributed by atoms with E-state index >= 15 is 0 Å². The van der Waals surface area contributed by atoms with Crippen LogP contribution in [0.4, 0.5) is 0 Å². The van der Waals surface area contributed by atoms with Gasteiger partial charge in [-0.25, -0.2) is 0 Å². The Hall–Kier alpha value is -2.49. The van der Waals surface area contributed by atoms with Crippen molar-refractivity contribution in [2.45, 2.75) is 65.9 Å². The van der Waals surface area contributed by atoms with Crippen molar-refractivity contribution in [2.24, 2.45) is 0 Å². The number of benzene rings is 2. The predicted molar refractivity (Wildman–Crippen MR) is 113 cm³/mol. The average Bonchev–Trinajstić information content (AvgIpc) is 2.61. The molecule has 1 aliphatic heterocycles. The number of carbonyl (C=O) groups excluding carboxylic acids is 1. The maximum atomic E-state index is 12.8. The molecule has 0 unspecified atom stereocenters. The van der Waals surface area contributed by atoms with Crippen molar-refractivity contribution in [3.63, 3.8) is 0 Å². The molecule has 0 radical (unpaired) electrons. The minimum atomic E-state index is -0.504. The highest BCUT2D eigenvalue weighted by molar-refractivity contribution is 6.02. The van der Waals surface area contributed by atoms with E-state index in [1.54, 1.807) is 0 Å². The molecule has 1 heterocycles. The predicted octanol–water partition coefficient (Wildman–Crippen LogP) is 5.48. The van der Waals surface area contributed by atoms with Crippen LogP contribution in [0, 0.1) is 6.92 Å². The third kappa shape index (κ3) is 3.60. The minimum absolute atomic E-state index is 0.0253. The number of fused-ring (bicyclic) bond motifs is 3. The lowest BCUT2D eigenvalue weighted by atomic mass is 9.83. The average molecular weight is 382 g/mol. The first-order valence-electron chi connectivity index (χ1n) is 10.3. The third-order valence-electron chi connectivity index (χ3n) is 5.42. The number of aromatic hydroxyl groups is 1. The van der Waals surface area contributed by atoms with Gasteiger partial charge in [-0.3, -0.25) is 4.79 Å². The summed E-state index contributed by atoms with van der Waals surface area (Å²) in [5.74, 6) is 0.450. The fourth-order valence-corrected chi connectivity index (χ4v) is 4.02. The molecular formula is C24H31NO3. The standard InChI is InChI=1S/C24H31NO3/c1-6-8-9-10-16-14-19-21(22(26)20(16)23(27)25-7-2)17-13-15(3)11-12-18(17)24(4,5)28-19/h11-14,26H,6-10H2,1-5H3,(H,25,27). The number of phenols is 1. The minimum Gasteiger partial charge on any atom is -0.506 e. The van der Waals surface area contributed by atoms with Gasteiger partial charge in [-0.05, 0) is 57.7 Å². The Balaban J connectivity index is 2.23. The zero-order chi connectivity index (χ0) is 20.5. The van der Waals surface area contributed by atoms with Crippen molar-refractivity contribution in [3.8, 4) is 22.6 Å². The molecule has 2 N–H and O–H groups in total. The lowest BCUT2D eigenvalue weighted by molar-refractivity contribution is 0.0950. The highest BCUT2D eigenvalue weighted by atomic mass is 16.5. The molecule has 150 valence electrons. The number of phenolic OH excluding ortho intramolecular Hbond substituents is 1. The van der Waals surface area contributed by atoms with Crippen LogP contribution in [0.2, 0.25) is 0 Å². The molecule has 0 fully saturated rings. The van der Waals surface area contributed by atoms with Gasteiger partial charge in [-0.2, -0.15) is 0 Å². The quantitative estimate of drug-likeness (QED) is 0.652. The first kappa shape index (κ1) is 20.2. The maximum Gasteiger partial charge on any atom is 0.255 e. The Morgan fingerprint density at radius 1 is 1.18 bits per heavy atom. The van der Waals surface area contributed by atoms with Crippen molar-refractivity contribution < 1.29 is 14.6 Å². The van der Waals surface area contributed by atoms with E-state index < -0.39 is 5.60 Å². The summed E-state index contributed by atoms with van der Waals surface area (Å²) in [5.41, 5.74) is 4.41. The van der Waals surface area contributed by atoms with Crippen LogP contribution in [0.25, 0.3) is 11.1 Å². The Morgan fingerprint density at radius 2 is 1.93 bits per heavy atom. The fourth-order valence-electron chi connectivity index (χ4n) is 4.02. The van der Waals surface area contributed by atoms with Gasteiger partial charge in [0.05, 0.1) is 11.1 Å². The van der Waals surface area contributed by atoms with Crippen LogP contribution in [0.15, 0.2) is 24.3 Å². The second kappa shape index (κ2) is 7.86. The molecule has 1 aliphatic rings. The number of rotatable bonds is 6. The molecule has 0 aromatic heterocycles. The van der Waals surface area contributed by atoms with E-state index in [0.717, 1.165) is 47.9 Å². The van der Waals surface area contributed by atoms with Crippen molar-refractivity contribution >= 4 is 5.91 Å². The van der Waals surface area contributed by atoms with E-state index in [-0.39, 0.29) is 11.7 Å². The molecule has 0 atom stereocenters. The van der Waals surface area contributed by atoms with Gasteiger partial charge in [0, 0.05) is 12.1 Å². The summed E-state index contributed by atoms with van der Waals surface area (Å²) in [6.45, 7) is 10.7. The van der Waals surface area contributed by atoms with E-state index in [4.69, 9.17) is 4.74 Å². The summed E-state index contributed by atoms with van der Waals surface area (Å²) in [6.07, 6.45) is 3.90. The number of ether oxygens (including phenoxy) is 1. The Bertz CT molecular complexity index is 899. The van der Waals surface area contributed by atoms with Crippen molar-refractivity contribution in [3.05, 3.63) is 46.5 Å². The Labute approximate surface area is 167 Å². The van der Waals surface area contributed by atoms with Crippen molar-refractivity contribution in [1.29, 1.82) is 0 Å². The number of hydrogen-bond donors (Lipinski definition) is 2. The molecule has 3 rings (SSSR count). The first-order chi connectivity index (χ1) is 13.3. The summed E-state index contributed by atoms with van der Waals surface area (Å²) in [7, 11) is 0. The molecule has 28 heavy (non-hydrogen) atoms. The van der Waals surface area contributed by atoms with Gasteiger partial charge < -0.3 is 15.2 Å². The fraction of sp³-hybridized carbons (Fsp3) is 0.458. The van der Waals surface area contributed by atoms with Crippen LogP contribution in [0.3, 0.4) is 0 Å². The van der Waals surface area contributed by atoms with E-state index in [9.17, 15) is 9.90 Å². The highest BCUT2D eigenvalue weighted by Gasteiger charge is 2.36. The summed E-state index contributed by atoms with van der Waals surface area (Å²) in [4.78, 5) is 12.8. The van der Waals surface area contributed by atoms with Crippen molar-refractivity contribution in [2.75, 3.05) is 6.54 Å². The molecule has 0 saturated heterocycles. The number of unbranched alkanes of at least 4 members (excludes halogenated alkanes) is 2. The lowest BCUT2D eigenvalue weighted by Crippen LogP contribution is -2.30. The van der Waals surface area contributed by atoms with Gasteiger partial charge in [-0.15, -0.1) is 0 Å². The van der Waals surface area contributed by atoms with Gasteiger partial charge in [0.2, 0.25) is 0 Å². The van der Waals surface area contributed by atoms with Gasteiger partial charge in [0.1, 0.15) is 17.1 Å². The summed E-state index contributed by atoms with van der Waals surface area (Å²) in [5, 5.41) is 14.1. The van der Waals surface area contributed by atoms with Crippen LogP contribution >= 0.6 is 0 Å². The zero-order valence-corrected chi connectivity index (χ0v) is 17.6. The monoisotopic (exact) mass is 381 g/mol. The zero-order valence-electron chi connectivity index (χ0n) is 17.6. The smallest absolute Gasteiger partial charge is 0.255 e. The van der Waals surface area contributed by atoms with Crippen LogP contribution in [-0.4, -0.2) is 17.6 Å². The van der Waals surface area contributed by atoms with Gasteiger partial charge in [0.25, 0.3) is 5.91 Å². The van der Waals surface area contributed by atoms with E-state index in [0.29, 0.717) is 23.4 Å². The van der Waals surface area contributed by atoms with E-state index in [1.807, 2.05) is 39.8 Å². The van der Waals surface area contributed by atoms with Gasteiger partial charge >= 0.3 is 0 Å². The number of hydrogen-bond acceptors (Lipinski definition) is 3. The molecule has 2 aromatic carbocycles. The second-order valence-electron chi connectivity index (χ2n) is 8.11. The molecule has 0 saturated carbocycles. The number of carbonyl (C=O) groups is 1. The summed E-state index contributed by atoms with van der Waals surface area (Å²) >= 11 is 0. The van der Waals surface area contributed by atoms with Crippen LogP contribution in [-0.2, 0) is 12.0 Å². The summed E-state index contributed by atoms with van der Waals surface area (Å²) in [6, 6.07) is 8.13. The molecule has 1 amide bonds. The first-order valence-corrected chi connectivity index (χ1v) is 10.3. The third-order valence-corrected chi connectivity index (χ3v) is 5.42. The number of aryl methyl sites for hydroxylation is 2. The topological polar surface area (TPSA) is 58.6 Å².